The maximum atomic E-state index is 13.2. The largest absolute Gasteiger partial charge is 0.456 e. The third-order valence-corrected chi connectivity index (χ3v) is 5.98. The average Bonchev–Trinajstić information content (AvgIpc) is 3.07. The number of benzene rings is 1. The Hall–Kier alpha value is -2.54. The van der Waals surface area contributed by atoms with Crippen molar-refractivity contribution in [3.05, 3.63) is 58.3 Å². The Labute approximate surface area is 188 Å². The van der Waals surface area contributed by atoms with E-state index in [0.717, 1.165) is 22.8 Å². The van der Waals surface area contributed by atoms with E-state index < -0.39 is 11.6 Å². The summed E-state index contributed by atoms with van der Waals surface area (Å²) in [6.45, 7) is 11.4. The molecule has 1 aromatic carbocycles. The van der Waals surface area contributed by atoms with Crippen molar-refractivity contribution in [1.29, 1.82) is 0 Å². The number of hydrogen-bond acceptors (Lipinski definition) is 6. The molecule has 0 unspecified atom stereocenters. The Kier molecular flexibility index (Phi) is 6.94. The van der Waals surface area contributed by atoms with Crippen molar-refractivity contribution in [3.8, 4) is 0 Å². The van der Waals surface area contributed by atoms with Crippen LogP contribution in [0.1, 0.15) is 66.0 Å². The maximum absolute atomic E-state index is 13.2. The molecule has 31 heavy (non-hydrogen) atoms. The molecule has 1 amide bonds. The number of carbonyl (C=O) groups is 2. The molecule has 2 aliphatic heterocycles. The number of thioether (sulfide) groups is 1. The van der Waals surface area contributed by atoms with Gasteiger partial charge >= 0.3 is 5.97 Å². The van der Waals surface area contributed by atoms with Gasteiger partial charge in [0.2, 0.25) is 5.91 Å². The number of ether oxygens (including phenoxy) is 1. The highest BCUT2D eigenvalue weighted by Gasteiger charge is 2.41. The van der Waals surface area contributed by atoms with Crippen molar-refractivity contribution in [3.63, 3.8) is 0 Å². The molecular weight excluding hydrogens is 410 g/mol. The zero-order valence-electron chi connectivity index (χ0n) is 19.1. The molecule has 1 aromatic rings. The van der Waals surface area contributed by atoms with E-state index in [-0.39, 0.29) is 24.3 Å². The van der Waals surface area contributed by atoms with Crippen LogP contribution < -0.4 is 5.32 Å². The molecule has 3 rings (SSSR count). The van der Waals surface area contributed by atoms with Gasteiger partial charge in [-0.1, -0.05) is 49.0 Å². The van der Waals surface area contributed by atoms with E-state index in [0.29, 0.717) is 11.3 Å². The van der Waals surface area contributed by atoms with Crippen LogP contribution in [-0.4, -0.2) is 33.6 Å². The third-order valence-electron chi connectivity index (χ3n) is 5.10. The quantitative estimate of drug-likeness (QED) is 0.635. The Morgan fingerprint density at radius 3 is 2.55 bits per heavy atom. The van der Waals surface area contributed by atoms with E-state index in [4.69, 9.17) is 4.74 Å². The topological polar surface area (TPSA) is 71.0 Å². The zero-order chi connectivity index (χ0) is 22.8. The Balaban J connectivity index is 1.99. The standard InChI is InChI=1S/C24H31N3O3S/c1-7-15(2)25-19(28)13-18-14-31-23-26-16(3)20(22(29)30-24(4,5)6)21(27(18)23)17-11-9-8-10-12-17/h8-12,14-15,21H,7,13H2,1-6H3,(H,25,28)/t15-,21-/m0/s1. The predicted molar refractivity (Wildman–Crippen MR) is 125 cm³/mol. The number of amidine groups is 1. The van der Waals surface area contributed by atoms with Crippen LogP contribution in [0.25, 0.3) is 0 Å². The molecule has 0 fully saturated rings. The normalized spacial score (nSPS) is 19.4. The molecule has 0 aliphatic carbocycles. The van der Waals surface area contributed by atoms with E-state index in [1.807, 2.05) is 82.2 Å². The molecule has 0 radical (unpaired) electrons. The lowest BCUT2D eigenvalue weighted by Gasteiger charge is -2.37. The molecule has 2 aliphatic rings. The molecule has 0 saturated carbocycles. The van der Waals surface area contributed by atoms with Gasteiger partial charge < -0.3 is 15.0 Å². The first-order valence-electron chi connectivity index (χ1n) is 10.6. The smallest absolute Gasteiger partial charge is 0.338 e. The number of fused-ring (bicyclic) bond motifs is 1. The molecular formula is C24H31N3O3S. The number of amides is 1. The first kappa shape index (κ1) is 23.1. The fourth-order valence-corrected chi connectivity index (χ4v) is 4.47. The summed E-state index contributed by atoms with van der Waals surface area (Å²) in [7, 11) is 0. The van der Waals surface area contributed by atoms with Crippen molar-refractivity contribution < 1.29 is 14.3 Å². The van der Waals surface area contributed by atoms with Crippen molar-refractivity contribution >= 4 is 28.8 Å². The number of nitrogens with zero attached hydrogens (tertiary/aromatic N) is 2. The maximum Gasteiger partial charge on any atom is 0.338 e. The molecule has 0 bridgehead atoms. The average molecular weight is 442 g/mol. The highest BCUT2D eigenvalue weighted by molar-refractivity contribution is 8.16. The summed E-state index contributed by atoms with van der Waals surface area (Å²) in [4.78, 5) is 32.5. The van der Waals surface area contributed by atoms with E-state index in [9.17, 15) is 9.59 Å². The highest BCUT2D eigenvalue weighted by Crippen LogP contribution is 2.45. The van der Waals surface area contributed by atoms with Crippen LogP contribution >= 0.6 is 11.8 Å². The minimum atomic E-state index is -0.621. The molecule has 166 valence electrons. The van der Waals surface area contributed by atoms with Gasteiger partial charge in [0.05, 0.1) is 23.7 Å². The fourth-order valence-electron chi connectivity index (χ4n) is 3.51. The van der Waals surface area contributed by atoms with Crippen molar-refractivity contribution in [1.82, 2.24) is 10.2 Å². The first-order chi connectivity index (χ1) is 14.6. The number of aliphatic imine (C=N–C) groups is 1. The minimum absolute atomic E-state index is 0.0423. The van der Waals surface area contributed by atoms with Crippen molar-refractivity contribution in [2.45, 2.75) is 72.1 Å². The van der Waals surface area contributed by atoms with Gasteiger partial charge in [-0.3, -0.25) is 4.79 Å². The SMILES string of the molecule is CC[C@H](C)NC(=O)CC1=CSC2=NC(C)=C(C(=O)OC(C)(C)C)[C@H](c3ccccc3)N12. The van der Waals surface area contributed by atoms with Gasteiger partial charge in [-0.2, -0.15) is 0 Å². The molecule has 0 aromatic heterocycles. The predicted octanol–water partition coefficient (Wildman–Crippen LogP) is 4.91. The second-order valence-electron chi connectivity index (χ2n) is 8.86. The van der Waals surface area contributed by atoms with Crippen molar-refractivity contribution in [2.24, 2.45) is 4.99 Å². The van der Waals surface area contributed by atoms with Gasteiger partial charge in [-0.15, -0.1) is 0 Å². The molecule has 2 heterocycles. The second kappa shape index (κ2) is 9.30. The highest BCUT2D eigenvalue weighted by atomic mass is 32.2. The van der Waals surface area contributed by atoms with Crippen LogP contribution in [0.15, 0.2) is 57.7 Å². The number of nitrogens with one attached hydrogen (secondary N) is 1. The van der Waals surface area contributed by atoms with Crippen LogP contribution in [0.4, 0.5) is 0 Å². The summed E-state index contributed by atoms with van der Waals surface area (Å²) in [6, 6.07) is 9.54. The molecule has 2 atom stereocenters. The second-order valence-corrected chi connectivity index (χ2v) is 9.70. The fraction of sp³-hybridized carbons (Fsp3) is 0.458. The Bertz CT molecular complexity index is 945. The summed E-state index contributed by atoms with van der Waals surface area (Å²) in [5.74, 6) is -0.429. The number of carbonyl (C=O) groups excluding carboxylic acids is 2. The summed E-state index contributed by atoms with van der Waals surface area (Å²) < 4.78 is 5.73. The summed E-state index contributed by atoms with van der Waals surface area (Å²) in [5, 5.41) is 5.74. The van der Waals surface area contributed by atoms with E-state index in [1.54, 1.807) is 0 Å². The van der Waals surface area contributed by atoms with E-state index >= 15 is 0 Å². The molecule has 0 saturated heterocycles. The van der Waals surface area contributed by atoms with Gasteiger partial charge in [0.25, 0.3) is 0 Å². The van der Waals surface area contributed by atoms with Crippen LogP contribution in [-0.2, 0) is 14.3 Å². The van der Waals surface area contributed by atoms with E-state index in [2.05, 4.69) is 10.3 Å². The first-order valence-corrected chi connectivity index (χ1v) is 11.5. The molecule has 0 spiro atoms. The number of hydrogen-bond donors (Lipinski definition) is 1. The monoisotopic (exact) mass is 441 g/mol. The minimum Gasteiger partial charge on any atom is -0.456 e. The summed E-state index contributed by atoms with van der Waals surface area (Å²) in [6.07, 6.45) is 1.09. The Morgan fingerprint density at radius 1 is 1.26 bits per heavy atom. The summed E-state index contributed by atoms with van der Waals surface area (Å²) >= 11 is 1.48. The van der Waals surface area contributed by atoms with Gasteiger partial charge in [0.1, 0.15) is 5.60 Å². The number of rotatable bonds is 6. The number of allylic oxidation sites excluding steroid dienone is 1. The number of esters is 1. The zero-order valence-corrected chi connectivity index (χ0v) is 19.9. The lowest BCUT2D eigenvalue weighted by atomic mass is 9.93. The lowest BCUT2D eigenvalue weighted by Crippen LogP contribution is -2.40. The molecule has 6 nitrogen and oxygen atoms in total. The van der Waals surface area contributed by atoms with Crippen LogP contribution in [0, 0.1) is 0 Å². The summed E-state index contributed by atoms with van der Waals surface area (Å²) in [5.41, 5.74) is 2.29. The van der Waals surface area contributed by atoms with Crippen LogP contribution in [0.5, 0.6) is 0 Å². The van der Waals surface area contributed by atoms with Gasteiger partial charge in [0.15, 0.2) is 5.17 Å². The van der Waals surface area contributed by atoms with Crippen LogP contribution in [0.2, 0.25) is 0 Å². The third kappa shape index (κ3) is 5.39. The van der Waals surface area contributed by atoms with Gasteiger partial charge in [0, 0.05) is 11.7 Å². The Morgan fingerprint density at radius 2 is 1.94 bits per heavy atom. The van der Waals surface area contributed by atoms with Gasteiger partial charge in [-0.05, 0) is 52.0 Å². The van der Waals surface area contributed by atoms with Crippen molar-refractivity contribution in [2.75, 3.05) is 0 Å². The molecule has 7 heteroatoms. The van der Waals surface area contributed by atoms with Gasteiger partial charge in [-0.25, -0.2) is 9.79 Å². The van der Waals surface area contributed by atoms with Crippen LogP contribution in [0.3, 0.4) is 0 Å². The van der Waals surface area contributed by atoms with E-state index in [1.165, 1.54) is 11.8 Å². The lowest BCUT2D eigenvalue weighted by molar-refractivity contribution is -0.150. The molecule has 1 N–H and O–H groups in total.